The van der Waals surface area contributed by atoms with Crippen LogP contribution in [0, 0.1) is 0 Å². The Labute approximate surface area is 124 Å². The van der Waals surface area contributed by atoms with E-state index in [1.165, 1.54) is 37.0 Å². The van der Waals surface area contributed by atoms with Crippen LogP contribution in [0.5, 0.6) is 0 Å². The van der Waals surface area contributed by atoms with Crippen molar-refractivity contribution in [2.24, 2.45) is 0 Å². The second-order valence-corrected chi connectivity index (χ2v) is 6.54. The molecule has 1 N–H and O–H groups in total. The highest BCUT2D eigenvalue weighted by Gasteiger charge is 2.25. The number of methoxy groups -OCH3 is 1. The Bertz CT molecular complexity index is 742. The summed E-state index contributed by atoms with van der Waals surface area (Å²) in [7, 11) is -2.76. The van der Waals surface area contributed by atoms with Gasteiger partial charge in [-0.15, -0.1) is 11.3 Å². The van der Waals surface area contributed by atoms with Crippen LogP contribution in [0.2, 0.25) is 5.02 Å². The normalized spacial score (nSPS) is 11.1. The summed E-state index contributed by atoms with van der Waals surface area (Å²) in [5.41, 5.74) is 0.135. The van der Waals surface area contributed by atoms with Gasteiger partial charge in [-0.3, -0.25) is 9.71 Å². The Morgan fingerprint density at radius 1 is 1.45 bits per heavy atom. The van der Waals surface area contributed by atoms with E-state index in [-0.39, 0.29) is 20.5 Å². The van der Waals surface area contributed by atoms with Crippen molar-refractivity contribution in [3.63, 3.8) is 0 Å². The number of hydrogen-bond donors (Lipinski definition) is 1. The average Bonchev–Trinajstić information content (AvgIpc) is 2.90. The minimum atomic E-state index is -3.94. The molecule has 20 heavy (non-hydrogen) atoms. The molecule has 0 atom stereocenters. The smallest absolute Gasteiger partial charge is 0.349 e. The van der Waals surface area contributed by atoms with Gasteiger partial charge in [0.15, 0.2) is 0 Å². The molecular weight excluding hydrogens is 324 g/mol. The van der Waals surface area contributed by atoms with E-state index in [1.807, 2.05) is 0 Å². The van der Waals surface area contributed by atoms with Crippen LogP contribution in [0.4, 0.5) is 5.69 Å². The van der Waals surface area contributed by atoms with E-state index in [0.717, 1.165) is 11.3 Å². The Morgan fingerprint density at radius 3 is 2.85 bits per heavy atom. The van der Waals surface area contributed by atoms with Gasteiger partial charge in [-0.1, -0.05) is 11.6 Å². The molecule has 6 nitrogen and oxygen atoms in total. The number of sulfonamides is 1. The van der Waals surface area contributed by atoms with Crippen molar-refractivity contribution in [2.45, 2.75) is 4.90 Å². The predicted octanol–water partition coefficient (Wildman–Crippen LogP) is 2.38. The molecule has 0 spiro atoms. The zero-order chi connectivity index (χ0) is 14.8. The van der Waals surface area contributed by atoms with Gasteiger partial charge in [0, 0.05) is 6.20 Å². The number of ether oxygens (including phenoxy) is 1. The lowest BCUT2D eigenvalue weighted by Gasteiger charge is -2.08. The summed E-state index contributed by atoms with van der Waals surface area (Å²) in [6.45, 7) is 0. The van der Waals surface area contributed by atoms with E-state index in [9.17, 15) is 13.2 Å². The summed E-state index contributed by atoms with van der Waals surface area (Å²) in [6, 6.07) is 2.78. The lowest BCUT2D eigenvalue weighted by Crippen LogP contribution is -2.16. The molecule has 2 aromatic rings. The largest absolute Gasteiger partial charge is 0.465 e. The van der Waals surface area contributed by atoms with Gasteiger partial charge >= 0.3 is 5.97 Å². The third-order valence-electron chi connectivity index (χ3n) is 2.30. The first-order valence-corrected chi connectivity index (χ1v) is 7.98. The van der Waals surface area contributed by atoms with Gasteiger partial charge in [-0.25, -0.2) is 13.2 Å². The summed E-state index contributed by atoms with van der Waals surface area (Å²) in [5, 5.41) is 1.70. The molecule has 0 fully saturated rings. The molecule has 0 saturated heterocycles. The zero-order valence-electron chi connectivity index (χ0n) is 10.2. The third-order valence-corrected chi connectivity index (χ3v) is 5.06. The maximum Gasteiger partial charge on any atom is 0.349 e. The Kier molecular flexibility index (Phi) is 4.26. The number of esters is 1. The van der Waals surface area contributed by atoms with Gasteiger partial charge in [-0.2, -0.15) is 0 Å². The summed E-state index contributed by atoms with van der Waals surface area (Å²) in [4.78, 5) is 15.1. The molecule has 0 saturated carbocycles. The average molecular weight is 333 g/mol. The Balaban J connectivity index is 2.40. The maximum atomic E-state index is 12.3. The molecule has 2 heterocycles. The van der Waals surface area contributed by atoms with Gasteiger partial charge in [-0.05, 0) is 17.5 Å². The molecule has 0 unspecified atom stereocenters. The van der Waals surface area contributed by atoms with E-state index in [4.69, 9.17) is 11.6 Å². The number of anilines is 1. The Hall–Kier alpha value is -1.64. The van der Waals surface area contributed by atoms with E-state index in [1.54, 1.807) is 0 Å². The SMILES string of the molecule is COC(=O)c1sccc1S(=O)(=O)Nc1cnccc1Cl. The maximum absolute atomic E-state index is 12.3. The number of carbonyl (C=O) groups is 1. The molecular formula is C11H9ClN2O4S2. The number of hydrogen-bond acceptors (Lipinski definition) is 6. The fourth-order valence-corrected chi connectivity index (χ4v) is 4.01. The van der Waals surface area contributed by atoms with Crippen LogP contribution in [0.15, 0.2) is 34.8 Å². The van der Waals surface area contributed by atoms with Gasteiger partial charge in [0.25, 0.3) is 10.0 Å². The lowest BCUT2D eigenvalue weighted by atomic mass is 10.4. The van der Waals surface area contributed by atoms with Gasteiger partial charge in [0.05, 0.1) is 24.0 Å². The Morgan fingerprint density at radius 2 is 2.20 bits per heavy atom. The highest BCUT2D eigenvalue weighted by molar-refractivity contribution is 7.93. The summed E-state index contributed by atoms with van der Waals surface area (Å²) >= 11 is 6.85. The number of nitrogens with zero attached hydrogens (tertiary/aromatic N) is 1. The second kappa shape index (κ2) is 5.78. The molecule has 0 amide bonds. The molecule has 0 aliphatic carbocycles. The first-order chi connectivity index (χ1) is 9.45. The molecule has 2 rings (SSSR count). The zero-order valence-corrected chi connectivity index (χ0v) is 12.6. The van der Waals surface area contributed by atoms with Crippen LogP contribution in [0.25, 0.3) is 0 Å². The molecule has 0 aromatic carbocycles. The van der Waals surface area contributed by atoms with Crippen molar-refractivity contribution in [1.82, 2.24) is 4.98 Å². The second-order valence-electron chi connectivity index (χ2n) is 3.57. The summed E-state index contributed by atoms with van der Waals surface area (Å²) in [6.07, 6.45) is 2.72. The number of nitrogens with one attached hydrogen (secondary N) is 1. The third kappa shape index (κ3) is 2.92. The van der Waals surface area contributed by atoms with E-state index in [0.29, 0.717) is 0 Å². The molecule has 2 aromatic heterocycles. The summed E-state index contributed by atoms with van der Waals surface area (Å²) in [5.74, 6) is -0.711. The van der Waals surface area contributed by atoms with Crippen molar-refractivity contribution in [2.75, 3.05) is 11.8 Å². The van der Waals surface area contributed by atoms with E-state index in [2.05, 4.69) is 14.4 Å². The van der Waals surface area contributed by atoms with Crippen molar-refractivity contribution in [1.29, 1.82) is 0 Å². The minimum absolute atomic E-state index is 0.0000118. The number of halogens is 1. The molecule has 9 heteroatoms. The van der Waals surface area contributed by atoms with E-state index < -0.39 is 16.0 Å². The first-order valence-electron chi connectivity index (χ1n) is 5.24. The highest BCUT2D eigenvalue weighted by Crippen LogP contribution is 2.27. The first kappa shape index (κ1) is 14.8. The van der Waals surface area contributed by atoms with Crippen LogP contribution >= 0.6 is 22.9 Å². The van der Waals surface area contributed by atoms with Crippen molar-refractivity contribution >= 4 is 44.6 Å². The van der Waals surface area contributed by atoms with Crippen molar-refractivity contribution in [3.05, 3.63) is 39.8 Å². The topological polar surface area (TPSA) is 85.4 Å². The molecule has 0 aliphatic heterocycles. The minimum Gasteiger partial charge on any atom is -0.465 e. The van der Waals surface area contributed by atoms with Crippen LogP contribution in [0.3, 0.4) is 0 Å². The van der Waals surface area contributed by atoms with Crippen LogP contribution in [0.1, 0.15) is 9.67 Å². The molecule has 0 bridgehead atoms. The van der Waals surface area contributed by atoms with Crippen LogP contribution in [-0.4, -0.2) is 26.5 Å². The van der Waals surface area contributed by atoms with Crippen molar-refractivity contribution < 1.29 is 17.9 Å². The van der Waals surface area contributed by atoms with E-state index >= 15 is 0 Å². The van der Waals surface area contributed by atoms with Gasteiger partial charge < -0.3 is 4.74 Å². The standard InChI is InChI=1S/C11H9ClN2O4S2/c1-18-11(15)10-9(3-5-19-10)20(16,17)14-8-6-13-4-2-7(8)12/h2-6,14H,1H3. The number of thiophene rings is 1. The van der Waals surface area contributed by atoms with Gasteiger partial charge in [0.1, 0.15) is 9.77 Å². The fourth-order valence-electron chi connectivity index (χ4n) is 1.40. The van der Waals surface area contributed by atoms with Crippen LogP contribution < -0.4 is 4.72 Å². The number of aromatic nitrogens is 1. The molecule has 0 aliphatic rings. The van der Waals surface area contributed by atoms with Crippen LogP contribution in [-0.2, 0) is 14.8 Å². The number of carbonyl (C=O) groups excluding carboxylic acids is 1. The monoisotopic (exact) mass is 332 g/mol. The lowest BCUT2D eigenvalue weighted by molar-refractivity contribution is 0.0602. The number of pyridine rings is 1. The molecule has 0 radical (unpaired) electrons. The fraction of sp³-hybridized carbons (Fsp3) is 0.0909. The quantitative estimate of drug-likeness (QED) is 0.869. The predicted molar refractivity (Wildman–Crippen MR) is 75.7 cm³/mol. The van der Waals surface area contributed by atoms with Gasteiger partial charge in [0.2, 0.25) is 0 Å². The highest BCUT2D eigenvalue weighted by atomic mass is 35.5. The van der Waals surface area contributed by atoms with Crippen molar-refractivity contribution in [3.8, 4) is 0 Å². The summed E-state index contributed by atoms with van der Waals surface area (Å²) < 4.78 is 31.3. The number of rotatable bonds is 4. The molecule has 106 valence electrons.